The van der Waals surface area contributed by atoms with Crippen LogP contribution >= 0.6 is 22.7 Å². The molecule has 0 fully saturated rings. The lowest BCUT2D eigenvalue weighted by Crippen LogP contribution is -2.16. The van der Waals surface area contributed by atoms with E-state index in [1.165, 1.54) is 33.9 Å². The molecule has 1 aliphatic rings. The fourth-order valence-corrected chi connectivity index (χ4v) is 6.91. The highest BCUT2D eigenvalue weighted by atomic mass is 32.1. The molecular weight excluding hydrogens is 482 g/mol. The summed E-state index contributed by atoms with van der Waals surface area (Å²) in [4.78, 5) is 24.9. The molecule has 0 saturated carbocycles. The number of hydrogen-bond donors (Lipinski definition) is 1. The molecule has 3 aromatic heterocycles. The Morgan fingerprint density at radius 3 is 2.80 bits per heavy atom. The van der Waals surface area contributed by atoms with Crippen LogP contribution in [0.2, 0.25) is 0 Å². The molecule has 1 N–H and O–H groups in total. The number of rotatable bonds is 5. The lowest BCUT2D eigenvalue weighted by molar-refractivity contribution is -0.384. The van der Waals surface area contributed by atoms with Crippen LogP contribution in [-0.4, -0.2) is 21.6 Å². The number of hydrogen-bond acceptors (Lipinski definition) is 7. The summed E-state index contributed by atoms with van der Waals surface area (Å²) >= 11 is 2.95. The Morgan fingerprint density at radius 2 is 2.03 bits per heavy atom. The standard InChI is InChI=1S/C25H21N5O3S2/c1-14-9-17(15(2)29(14)25-20(12-26)19-5-3-4-6-22(19)35-25)13-27-28-24(31)23-11-16-10-18(30(32)33)7-8-21(16)34-23/h7-11,13H,3-6H2,1-2H3,(H,28,31)/b27-13-. The lowest BCUT2D eigenvalue weighted by Gasteiger charge is -2.10. The monoisotopic (exact) mass is 503 g/mol. The molecule has 5 rings (SSSR count). The van der Waals surface area contributed by atoms with Gasteiger partial charge in [0.05, 0.1) is 21.6 Å². The molecule has 1 aromatic carbocycles. The van der Waals surface area contributed by atoms with Gasteiger partial charge in [0.15, 0.2) is 0 Å². The third-order valence-electron chi connectivity index (χ3n) is 6.24. The molecular formula is C25H21N5O3S2. The van der Waals surface area contributed by atoms with Crippen molar-refractivity contribution in [2.24, 2.45) is 5.10 Å². The van der Waals surface area contributed by atoms with E-state index in [0.29, 0.717) is 10.3 Å². The number of aryl methyl sites for hydroxylation is 2. The van der Waals surface area contributed by atoms with E-state index in [4.69, 9.17) is 0 Å². The quantitative estimate of drug-likeness (QED) is 0.211. The van der Waals surface area contributed by atoms with Gasteiger partial charge >= 0.3 is 0 Å². The van der Waals surface area contributed by atoms with Gasteiger partial charge < -0.3 is 4.57 Å². The van der Waals surface area contributed by atoms with Crippen LogP contribution in [0.1, 0.15) is 55.5 Å². The van der Waals surface area contributed by atoms with Gasteiger partial charge in [-0.15, -0.1) is 22.7 Å². The van der Waals surface area contributed by atoms with Crippen molar-refractivity contribution in [2.45, 2.75) is 39.5 Å². The number of carbonyl (C=O) groups is 1. The Labute approximate surface area is 209 Å². The number of aromatic nitrogens is 1. The van der Waals surface area contributed by atoms with E-state index in [1.807, 2.05) is 19.9 Å². The first-order valence-corrected chi connectivity index (χ1v) is 12.8. The molecule has 176 valence electrons. The predicted octanol–water partition coefficient (Wildman–Crippen LogP) is 5.79. The second-order valence-electron chi connectivity index (χ2n) is 8.45. The minimum absolute atomic E-state index is 0.0122. The van der Waals surface area contributed by atoms with Gasteiger partial charge in [0.25, 0.3) is 11.6 Å². The Balaban J connectivity index is 1.37. The number of carbonyl (C=O) groups excluding carboxylic acids is 1. The van der Waals surface area contributed by atoms with Crippen LogP contribution in [-0.2, 0) is 12.8 Å². The number of nitro benzene ring substituents is 1. The second-order valence-corrected chi connectivity index (χ2v) is 10.6. The molecule has 8 nitrogen and oxygen atoms in total. The summed E-state index contributed by atoms with van der Waals surface area (Å²) in [5.41, 5.74) is 7.31. The molecule has 0 bridgehead atoms. The van der Waals surface area contributed by atoms with Crippen molar-refractivity contribution in [2.75, 3.05) is 0 Å². The lowest BCUT2D eigenvalue weighted by atomic mass is 9.96. The van der Waals surface area contributed by atoms with Gasteiger partial charge in [0.2, 0.25) is 0 Å². The smallest absolute Gasteiger partial charge is 0.281 e. The second kappa shape index (κ2) is 9.09. The molecule has 0 atom stereocenters. The van der Waals surface area contributed by atoms with Gasteiger partial charge in [-0.3, -0.25) is 14.9 Å². The maximum absolute atomic E-state index is 12.6. The highest BCUT2D eigenvalue weighted by Gasteiger charge is 2.23. The minimum atomic E-state index is -0.456. The summed E-state index contributed by atoms with van der Waals surface area (Å²) in [6, 6.07) is 10.6. The Bertz CT molecular complexity index is 1570. The van der Waals surface area contributed by atoms with E-state index in [1.54, 1.807) is 29.7 Å². The molecule has 0 unspecified atom stereocenters. The summed E-state index contributed by atoms with van der Waals surface area (Å²) in [5.74, 6) is -0.378. The zero-order valence-electron chi connectivity index (χ0n) is 19.1. The van der Waals surface area contributed by atoms with Crippen molar-refractivity contribution in [1.29, 1.82) is 5.26 Å². The van der Waals surface area contributed by atoms with E-state index < -0.39 is 4.92 Å². The average molecular weight is 504 g/mol. The van der Waals surface area contributed by atoms with Gasteiger partial charge in [-0.25, -0.2) is 5.43 Å². The highest BCUT2D eigenvalue weighted by Crippen LogP contribution is 2.38. The third-order valence-corrected chi connectivity index (χ3v) is 8.63. The predicted molar refractivity (Wildman–Crippen MR) is 138 cm³/mol. The number of non-ortho nitro benzene ring substituents is 1. The van der Waals surface area contributed by atoms with E-state index in [-0.39, 0.29) is 11.6 Å². The third kappa shape index (κ3) is 4.13. The zero-order chi connectivity index (χ0) is 24.7. The number of nitriles is 1. The van der Waals surface area contributed by atoms with Crippen LogP contribution < -0.4 is 5.43 Å². The maximum Gasteiger partial charge on any atom is 0.281 e. The average Bonchev–Trinajstić information content (AvgIpc) is 3.51. The molecule has 35 heavy (non-hydrogen) atoms. The van der Waals surface area contributed by atoms with Crippen LogP contribution in [0.5, 0.6) is 0 Å². The summed E-state index contributed by atoms with van der Waals surface area (Å²) < 4.78 is 2.89. The zero-order valence-corrected chi connectivity index (χ0v) is 20.8. The van der Waals surface area contributed by atoms with Crippen molar-refractivity contribution < 1.29 is 9.72 Å². The van der Waals surface area contributed by atoms with Crippen molar-refractivity contribution in [3.05, 3.63) is 78.3 Å². The van der Waals surface area contributed by atoms with Crippen LogP contribution in [0.25, 0.3) is 15.1 Å². The minimum Gasteiger partial charge on any atom is -0.308 e. The largest absolute Gasteiger partial charge is 0.308 e. The first kappa shape index (κ1) is 23.0. The molecule has 1 amide bonds. The van der Waals surface area contributed by atoms with E-state index in [9.17, 15) is 20.2 Å². The van der Waals surface area contributed by atoms with E-state index in [2.05, 4.69) is 21.2 Å². The summed E-state index contributed by atoms with van der Waals surface area (Å²) in [5, 5.41) is 26.6. The molecule has 0 radical (unpaired) electrons. The van der Waals surface area contributed by atoms with E-state index in [0.717, 1.165) is 57.9 Å². The molecule has 1 aliphatic carbocycles. The molecule has 3 heterocycles. The van der Waals surface area contributed by atoms with Crippen molar-refractivity contribution >= 4 is 50.6 Å². The maximum atomic E-state index is 12.6. The van der Waals surface area contributed by atoms with Crippen molar-refractivity contribution in [1.82, 2.24) is 9.99 Å². The number of nitro groups is 1. The van der Waals surface area contributed by atoms with Crippen LogP contribution in [0.15, 0.2) is 35.4 Å². The SMILES string of the molecule is Cc1cc(/C=N\NC(=O)c2cc3cc([N+](=O)[O-])ccc3s2)c(C)n1-c1sc2c(c1C#N)CCCC2. The Hall–Kier alpha value is -3.81. The van der Waals surface area contributed by atoms with Crippen LogP contribution in [0, 0.1) is 35.3 Å². The Kier molecular flexibility index (Phi) is 5.96. The highest BCUT2D eigenvalue weighted by molar-refractivity contribution is 7.20. The summed E-state index contributed by atoms with van der Waals surface area (Å²) in [6.07, 6.45) is 5.87. The summed E-state index contributed by atoms with van der Waals surface area (Å²) in [7, 11) is 0. The van der Waals surface area contributed by atoms with Gasteiger partial charge in [0, 0.05) is 44.0 Å². The normalized spacial score (nSPS) is 13.2. The number of hydrazone groups is 1. The first-order valence-electron chi connectivity index (χ1n) is 11.1. The topological polar surface area (TPSA) is 113 Å². The number of nitrogens with one attached hydrogen (secondary N) is 1. The molecule has 0 aliphatic heterocycles. The van der Waals surface area contributed by atoms with Gasteiger partial charge in [-0.1, -0.05) is 0 Å². The number of fused-ring (bicyclic) bond motifs is 2. The first-order chi connectivity index (χ1) is 16.9. The number of amides is 1. The van der Waals surface area contributed by atoms with Crippen molar-refractivity contribution in [3.8, 4) is 11.1 Å². The van der Waals surface area contributed by atoms with Crippen molar-refractivity contribution in [3.63, 3.8) is 0 Å². The molecule has 0 saturated heterocycles. The molecule has 4 aromatic rings. The fraction of sp³-hybridized carbons (Fsp3) is 0.240. The number of benzene rings is 1. The molecule has 10 heteroatoms. The van der Waals surface area contributed by atoms with Gasteiger partial charge in [-0.05, 0) is 63.3 Å². The van der Waals surface area contributed by atoms with E-state index >= 15 is 0 Å². The van der Waals surface area contributed by atoms with Crippen LogP contribution in [0.3, 0.4) is 0 Å². The molecule has 0 spiro atoms. The number of nitrogens with zero attached hydrogens (tertiary/aromatic N) is 4. The van der Waals surface area contributed by atoms with Gasteiger partial charge in [-0.2, -0.15) is 10.4 Å². The fourth-order valence-electron chi connectivity index (χ4n) is 4.53. The van der Waals surface area contributed by atoms with Crippen LogP contribution in [0.4, 0.5) is 5.69 Å². The Morgan fingerprint density at radius 1 is 1.23 bits per heavy atom. The summed E-state index contributed by atoms with van der Waals surface area (Å²) in [6.45, 7) is 3.98. The number of thiophene rings is 2. The van der Waals surface area contributed by atoms with Gasteiger partial charge in [0.1, 0.15) is 11.1 Å².